The fraction of sp³-hybridized carbons (Fsp3) is 0.875. The Morgan fingerprint density at radius 1 is 1.58 bits per heavy atom. The van der Waals surface area contributed by atoms with Crippen molar-refractivity contribution in [3.8, 4) is 0 Å². The Bertz CT molecular complexity index is 157. The predicted molar refractivity (Wildman–Crippen MR) is 52.2 cm³/mol. The summed E-state index contributed by atoms with van der Waals surface area (Å²) in [4.78, 5) is 13.4. The molecule has 1 saturated heterocycles. The van der Waals surface area contributed by atoms with E-state index in [1.54, 1.807) is 11.8 Å². The van der Waals surface area contributed by atoms with E-state index in [0.29, 0.717) is 0 Å². The average Bonchev–Trinajstić information content (AvgIpc) is 2.55. The van der Waals surface area contributed by atoms with Gasteiger partial charge in [0.05, 0.1) is 6.04 Å². The van der Waals surface area contributed by atoms with Gasteiger partial charge in [-0.05, 0) is 19.1 Å². The molecule has 0 aliphatic carbocycles. The summed E-state index contributed by atoms with van der Waals surface area (Å²) in [6, 6.07) is -0.293. The summed E-state index contributed by atoms with van der Waals surface area (Å²) in [7, 11) is 0. The topological polar surface area (TPSA) is 46.3 Å². The molecule has 1 aliphatic rings. The zero-order valence-corrected chi connectivity index (χ0v) is 8.27. The Hall–Kier alpha value is -0.220. The predicted octanol–water partition coefficient (Wildman–Crippen LogP) is 0.299. The number of carbonyl (C=O) groups excluding carboxylic acids is 1. The summed E-state index contributed by atoms with van der Waals surface area (Å²) in [5, 5.41) is 0. The lowest BCUT2D eigenvalue weighted by atomic mass is 10.3. The zero-order chi connectivity index (χ0) is 8.97. The molecule has 1 atom stereocenters. The van der Waals surface area contributed by atoms with Crippen molar-refractivity contribution in [1.29, 1.82) is 0 Å². The number of amides is 1. The molecule has 0 bridgehead atoms. The molecular weight excluding hydrogens is 172 g/mol. The Morgan fingerprint density at radius 2 is 2.17 bits per heavy atom. The first-order valence-corrected chi connectivity index (χ1v) is 5.68. The van der Waals surface area contributed by atoms with Crippen LogP contribution in [0.15, 0.2) is 0 Å². The van der Waals surface area contributed by atoms with Gasteiger partial charge in [0.15, 0.2) is 0 Å². The number of likely N-dealkylation sites (tertiary alicyclic amines) is 1. The third-order valence-corrected chi connectivity index (χ3v) is 2.77. The second kappa shape index (κ2) is 4.72. The van der Waals surface area contributed by atoms with E-state index in [0.717, 1.165) is 31.7 Å². The van der Waals surface area contributed by atoms with Gasteiger partial charge in [-0.1, -0.05) is 0 Å². The molecule has 0 spiro atoms. The molecular formula is C8H16N2OS. The molecule has 12 heavy (non-hydrogen) atoms. The van der Waals surface area contributed by atoms with E-state index in [-0.39, 0.29) is 11.9 Å². The fourth-order valence-electron chi connectivity index (χ4n) is 1.42. The van der Waals surface area contributed by atoms with Crippen molar-refractivity contribution in [3.05, 3.63) is 0 Å². The minimum atomic E-state index is -0.293. The van der Waals surface area contributed by atoms with Gasteiger partial charge < -0.3 is 10.6 Å². The molecule has 0 saturated carbocycles. The monoisotopic (exact) mass is 188 g/mol. The van der Waals surface area contributed by atoms with Crippen LogP contribution in [-0.4, -0.2) is 41.9 Å². The third-order valence-electron chi connectivity index (χ3n) is 2.08. The van der Waals surface area contributed by atoms with Crippen LogP contribution >= 0.6 is 11.8 Å². The number of nitrogens with zero attached hydrogens (tertiary/aromatic N) is 1. The molecule has 2 N–H and O–H groups in total. The van der Waals surface area contributed by atoms with Gasteiger partial charge in [-0.25, -0.2) is 0 Å². The van der Waals surface area contributed by atoms with Crippen LogP contribution in [0.2, 0.25) is 0 Å². The van der Waals surface area contributed by atoms with Crippen molar-refractivity contribution in [1.82, 2.24) is 4.90 Å². The molecule has 1 unspecified atom stereocenters. The Labute approximate surface area is 77.7 Å². The van der Waals surface area contributed by atoms with E-state index < -0.39 is 0 Å². The van der Waals surface area contributed by atoms with Crippen molar-refractivity contribution in [3.63, 3.8) is 0 Å². The summed E-state index contributed by atoms with van der Waals surface area (Å²) in [6.45, 7) is 1.81. The number of rotatable bonds is 3. The number of hydrogen-bond acceptors (Lipinski definition) is 3. The maximum Gasteiger partial charge on any atom is 0.240 e. The number of thioether (sulfide) groups is 1. The largest absolute Gasteiger partial charge is 0.341 e. The van der Waals surface area contributed by atoms with Gasteiger partial charge in [-0.3, -0.25) is 4.79 Å². The fourth-order valence-corrected chi connectivity index (χ4v) is 1.92. The first-order chi connectivity index (χ1) is 5.75. The molecule has 4 heteroatoms. The number of carbonyl (C=O) groups is 1. The molecule has 0 aromatic rings. The molecule has 3 nitrogen and oxygen atoms in total. The molecule has 1 fully saturated rings. The van der Waals surface area contributed by atoms with Crippen molar-refractivity contribution in [2.24, 2.45) is 5.73 Å². The summed E-state index contributed by atoms with van der Waals surface area (Å²) in [5.74, 6) is 0.858. The molecule has 70 valence electrons. The lowest BCUT2D eigenvalue weighted by Gasteiger charge is -2.19. The van der Waals surface area contributed by atoms with Crippen LogP contribution in [0.1, 0.15) is 12.8 Å². The molecule has 0 aromatic heterocycles. The summed E-state index contributed by atoms with van der Waals surface area (Å²) in [5.41, 5.74) is 5.70. The van der Waals surface area contributed by atoms with Crippen LogP contribution in [0, 0.1) is 0 Å². The number of hydrogen-bond donors (Lipinski definition) is 1. The second-order valence-corrected chi connectivity index (χ2v) is 4.00. The van der Waals surface area contributed by atoms with Crippen molar-refractivity contribution in [2.45, 2.75) is 18.9 Å². The highest BCUT2D eigenvalue weighted by atomic mass is 32.2. The molecule has 1 amide bonds. The Morgan fingerprint density at radius 3 is 2.67 bits per heavy atom. The van der Waals surface area contributed by atoms with Crippen LogP contribution in [0.5, 0.6) is 0 Å². The van der Waals surface area contributed by atoms with E-state index in [1.807, 2.05) is 11.2 Å². The van der Waals surface area contributed by atoms with Crippen LogP contribution in [0.3, 0.4) is 0 Å². The SMILES string of the molecule is CSCC(N)C(=O)N1CCCC1. The van der Waals surface area contributed by atoms with E-state index in [2.05, 4.69) is 0 Å². The average molecular weight is 188 g/mol. The van der Waals surface area contributed by atoms with Crippen LogP contribution < -0.4 is 5.73 Å². The summed E-state index contributed by atoms with van der Waals surface area (Å²) >= 11 is 1.62. The lowest BCUT2D eigenvalue weighted by Crippen LogP contribution is -2.43. The highest BCUT2D eigenvalue weighted by Gasteiger charge is 2.22. The highest BCUT2D eigenvalue weighted by Crippen LogP contribution is 2.09. The lowest BCUT2D eigenvalue weighted by molar-refractivity contribution is -0.130. The minimum Gasteiger partial charge on any atom is -0.341 e. The highest BCUT2D eigenvalue weighted by molar-refractivity contribution is 7.98. The smallest absolute Gasteiger partial charge is 0.240 e. The zero-order valence-electron chi connectivity index (χ0n) is 7.45. The van der Waals surface area contributed by atoms with Crippen LogP contribution in [0.25, 0.3) is 0 Å². The molecule has 1 heterocycles. The second-order valence-electron chi connectivity index (χ2n) is 3.09. The van der Waals surface area contributed by atoms with Gasteiger partial charge in [0.25, 0.3) is 0 Å². The van der Waals surface area contributed by atoms with Crippen LogP contribution in [-0.2, 0) is 4.79 Å². The van der Waals surface area contributed by atoms with Gasteiger partial charge in [0.2, 0.25) is 5.91 Å². The van der Waals surface area contributed by atoms with E-state index in [1.165, 1.54) is 0 Å². The van der Waals surface area contributed by atoms with Gasteiger partial charge >= 0.3 is 0 Å². The maximum absolute atomic E-state index is 11.5. The Kier molecular flexibility index (Phi) is 3.88. The van der Waals surface area contributed by atoms with Crippen molar-refractivity contribution >= 4 is 17.7 Å². The van der Waals surface area contributed by atoms with Crippen molar-refractivity contribution < 1.29 is 4.79 Å². The Balaban J connectivity index is 2.34. The number of nitrogens with two attached hydrogens (primary N) is 1. The normalized spacial score (nSPS) is 19.7. The van der Waals surface area contributed by atoms with Gasteiger partial charge in [-0.2, -0.15) is 11.8 Å². The van der Waals surface area contributed by atoms with E-state index >= 15 is 0 Å². The first-order valence-electron chi connectivity index (χ1n) is 4.29. The summed E-state index contributed by atoms with van der Waals surface area (Å²) in [6.07, 6.45) is 4.24. The van der Waals surface area contributed by atoms with Gasteiger partial charge in [0.1, 0.15) is 0 Å². The molecule has 0 radical (unpaired) electrons. The van der Waals surface area contributed by atoms with E-state index in [9.17, 15) is 4.79 Å². The summed E-state index contributed by atoms with van der Waals surface area (Å²) < 4.78 is 0. The van der Waals surface area contributed by atoms with Crippen molar-refractivity contribution in [2.75, 3.05) is 25.1 Å². The van der Waals surface area contributed by atoms with Gasteiger partial charge in [0, 0.05) is 18.8 Å². The molecule has 1 rings (SSSR count). The van der Waals surface area contributed by atoms with Crippen LogP contribution in [0.4, 0.5) is 0 Å². The minimum absolute atomic E-state index is 0.127. The van der Waals surface area contributed by atoms with E-state index in [4.69, 9.17) is 5.73 Å². The first kappa shape index (κ1) is 9.86. The maximum atomic E-state index is 11.5. The quantitative estimate of drug-likeness (QED) is 0.693. The molecule has 1 aliphatic heterocycles. The standard InChI is InChI=1S/C8H16N2OS/c1-12-6-7(9)8(11)10-4-2-3-5-10/h7H,2-6,9H2,1H3. The third kappa shape index (κ3) is 2.38. The molecule has 0 aromatic carbocycles. The van der Waals surface area contributed by atoms with Gasteiger partial charge in [-0.15, -0.1) is 0 Å².